The predicted octanol–water partition coefficient (Wildman–Crippen LogP) is 2.99. The van der Waals surface area contributed by atoms with Gasteiger partial charge < -0.3 is 4.74 Å². The number of nitrogens with zero attached hydrogens (tertiary/aromatic N) is 4. The number of ether oxygens (including phenoxy) is 1. The van der Waals surface area contributed by atoms with Gasteiger partial charge in [-0.3, -0.25) is 9.58 Å². The summed E-state index contributed by atoms with van der Waals surface area (Å²) in [6.45, 7) is 5.06. The Morgan fingerprint density at radius 2 is 1.90 bits per heavy atom. The van der Waals surface area contributed by atoms with Gasteiger partial charge in [-0.05, 0) is 69.3 Å². The highest BCUT2D eigenvalue weighted by atomic mass is 32.2. The normalized spacial score (nSPS) is 22.3. The van der Waals surface area contributed by atoms with Gasteiger partial charge in [-0.25, -0.2) is 8.42 Å². The van der Waals surface area contributed by atoms with Crippen LogP contribution in [0, 0.1) is 6.92 Å². The van der Waals surface area contributed by atoms with Crippen LogP contribution in [-0.2, 0) is 23.5 Å². The second kappa shape index (κ2) is 9.71. The molecule has 1 unspecified atom stereocenters. The minimum Gasteiger partial charge on any atom is -0.494 e. The number of hydrogen-bond acceptors (Lipinski definition) is 5. The van der Waals surface area contributed by atoms with Crippen molar-refractivity contribution in [3.05, 3.63) is 41.6 Å². The van der Waals surface area contributed by atoms with Crippen molar-refractivity contribution >= 4 is 10.0 Å². The molecule has 3 heterocycles. The molecular weight excluding hydrogens is 412 g/mol. The van der Waals surface area contributed by atoms with Gasteiger partial charge in [0.1, 0.15) is 5.75 Å². The van der Waals surface area contributed by atoms with Crippen molar-refractivity contribution < 1.29 is 13.2 Å². The van der Waals surface area contributed by atoms with Gasteiger partial charge in [0, 0.05) is 32.7 Å². The highest BCUT2D eigenvalue weighted by Crippen LogP contribution is 2.24. The standard InChI is InChI=1S/C23H34N4O3S/c1-19-17-23(25(2)24-19)31(28,29)27-13-6-16-30-22-9-5-7-20(18-22)10-11-21-8-3-4-12-26(21)14-15-27/h5,7,9,17-18,21H,3-4,6,8,10-16H2,1-2H3. The molecule has 8 heteroatoms. The molecule has 0 N–H and O–H groups in total. The number of piperidine rings is 1. The molecule has 2 aliphatic rings. The quantitative estimate of drug-likeness (QED) is 0.710. The Morgan fingerprint density at radius 3 is 2.71 bits per heavy atom. The molecule has 1 aromatic carbocycles. The predicted molar refractivity (Wildman–Crippen MR) is 121 cm³/mol. The van der Waals surface area contributed by atoms with Crippen LogP contribution in [0.15, 0.2) is 35.4 Å². The Morgan fingerprint density at radius 1 is 1.03 bits per heavy atom. The summed E-state index contributed by atoms with van der Waals surface area (Å²) in [5, 5.41) is 4.51. The van der Waals surface area contributed by atoms with E-state index < -0.39 is 10.0 Å². The summed E-state index contributed by atoms with van der Waals surface area (Å²) in [4.78, 5) is 2.51. The lowest BCUT2D eigenvalue weighted by Crippen LogP contribution is -2.46. The van der Waals surface area contributed by atoms with Crippen LogP contribution in [0.5, 0.6) is 5.75 Å². The van der Waals surface area contributed by atoms with Crippen LogP contribution in [0.2, 0.25) is 0 Å². The zero-order chi connectivity index (χ0) is 21.8. The van der Waals surface area contributed by atoms with E-state index in [1.807, 2.05) is 13.0 Å². The molecule has 7 nitrogen and oxygen atoms in total. The van der Waals surface area contributed by atoms with Gasteiger partial charge in [0.2, 0.25) is 0 Å². The summed E-state index contributed by atoms with van der Waals surface area (Å²) in [6.07, 6.45) is 6.38. The molecule has 0 amide bonds. The summed E-state index contributed by atoms with van der Waals surface area (Å²) in [7, 11) is -1.92. The second-order valence-corrected chi connectivity index (χ2v) is 10.6. The molecule has 1 atom stereocenters. The van der Waals surface area contributed by atoms with Crippen LogP contribution in [0.3, 0.4) is 0 Å². The van der Waals surface area contributed by atoms with E-state index in [1.165, 1.54) is 29.5 Å². The van der Waals surface area contributed by atoms with Gasteiger partial charge >= 0.3 is 0 Å². The van der Waals surface area contributed by atoms with E-state index >= 15 is 0 Å². The van der Waals surface area contributed by atoms with Crippen LogP contribution in [0.4, 0.5) is 0 Å². The zero-order valence-corrected chi connectivity index (χ0v) is 19.5. The van der Waals surface area contributed by atoms with Crippen LogP contribution >= 0.6 is 0 Å². The molecule has 2 bridgehead atoms. The molecule has 4 rings (SSSR count). The van der Waals surface area contributed by atoms with Crippen molar-refractivity contribution in [3.63, 3.8) is 0 Å². The maximum atomic E-state index is 13.5. The Balaban J connectivity index is 1.58. The smallest absolute Gasteiger partial charge is 0.260 e. The fourth-order valence-electron chi connectivity index (χ4n) is 4.79. The van der Waals surface area contributed by atoms with E-state index in [-0.39, 0.29) is 5.03 Å². The Labute approximate surface area is 186 Å². The topological polar surface area (TPSA) is 67.7 Å². The molecule has 0 spiro atoms. The number of hydrogen-bond donors (Lipinski definition) is 0. The second-order valence-electron chi connectivity index (χ2n) is 8.73. The third-order valence-electron chi connectivity index (χ3n) is 6.43. The van der Waals surface area contributed by atoms with Gasteiger partial charge in [-0.15, -0.1) is 0 Å². The molecule has 2 aromatic rings. The average molecular weight is 447 g/mol. The minimum atomic E-state index is -3.62. The molecular formula is C23H34N4O3S. The fourth-order valence-corrected chi connectivity index (χ4v) is 6.44. The first-order chi connectivity index (χ1) is 14.9. The van der Waals surface area contributed by atoms with Gasteiger partial charge in [0.15, 0.2) is 5.03 Å². The Kier molecular flexibility index (Phi) is 6.99. The van der Waals surface area contributed by atoms with Gasteiger partial charge in [0.25, 0.3) is 10.0 Å². The lowest BCUT2D eigenvalue weighted by molar-refractivity contribution is 0.131. The van der Waals surface area contributed by atoms with Crippen LogP contribution in [0.25, 0.3) is 0 Å². The highest BCUT2D eigenvalue weighted by molar-refractivity contribution is 7.89. The number of aryl methyl sites for hydroxylation is 3. The first-order valence-electron chi connectivity index (χ1n) is 11.4. The summed E-state index contributed by atoms with van der Waals surface area (Å²) in [6, 6.07) is 10.5. The molecule has 2 aliphatic heterocycles. The summed E-state index contributed by atoms with van der Waals surface area (Å²) in [5.74, 6) is 0.867. The van der Waals surface area contributed by atoms with Gasteiger partial charge in [-0.1, -0.05) is 18.6 Å². The molecule has 170 valence electrons. The van der Waals surface area contributed by atoms with E-state index in [2.05, 4.69) is 28.2 Å². The molecule has 1 aromatic heterocycles. The Hall–Kier alpha value is -1.90. The summed E-state index contributed by atoms with van der Waals surface area (Å²) in [5.41, 5.74) is 2.03. The van der Waals surface area contributed by atoms with Crippen molar-refractivity contribution in [2.24, 2.45) is 7.05 Å². The number of aromatic nitrogens is 2. The first-order valence-corrected chi connectivity index (χ1v) is 12.8. The van der Waals surface area contributed by atoms with Crippen molar-refractivity contribution in [1.82, 2.24) is 19.0 Å². The maximum Gasteiger partial charge on any atom is 0.260 e. The molecule has 1 saturated heterocycles. The lowest BCUT2D eigenvalue weighted by Gasteiger charge is -2.37. The SMILES string of the molecule is Cc1cc(S(=O)(=O)N2CCCOc3cccc(c3)CCC3CCCCN3CC2)n(C)n1. The van der Waals surface area contributed by atoms with E-state index in [4.69, 9.17) is 4.74 Å². The molecule has 31 heavy (non-hydrogen) atoms. The number of fused-ring (bicyclic) bond motifs is 3. The molecule has 0 radical (unpaired) electrons. The van der Waals surface area contributed by atoms with E-state index in [0.29, 0.717) is 37.9 Å². The van der Waals surface area contributed by atoms with Gasteiger partial charge in [-0.2, -0.15) is 9.40 Å². The van der Waals surface area contributed by atoms with Crippen LogP contribution < -0.4 is 4.74 Å². The number of sulfonamides is 1. The summed E-state index contributed by atoms with van der Waals surface area (Å²) < 4.78 is 36.0. The molecule has 1 fully saturated rings. The third kappa shape index (κ3) is 5.30. The van der Waals surface area contributed by atoms with E-state index in [0.717, 1.165) is 31.7 Å². The van der Waals surface area contributed by atoms with Crippen molar-refractivity contribution in [1.29, 1.82) is 0 Å². The maximum absolute atomic E-state index is 13.5. The van der Waals surface area contributed by atoms with Crippen molar-refractivity contribution in [2.75, 3.05) is 32.8 Å². The van der Waals surface area contributed by atoms with Crippen molar-refractivity contribution in [3.8, 4) is 5.75 Å². The van der Waals surface area contributed by atoms with Crippen LogP contribution in [-0.4, -0.2) is 66.2 Å². The molecule has 0 aliphatic carbocycles. The number of benzene rings is 1. The van der Waals surface area contributed by atoms with Gasteiger partial charge in [0.05, 0.1) is 12.3 Å². The molecule has 0 saturated carbocycles. The zero-order valence-electron chi connectivity index (χ0n) is 18.7. The van der Waals surface area contributed by atoms with Crippen LogP contribution in [0.1, 0.15) is 43.4 Å². The van der Waals surface area contributed by atoms with Crippen molar-refractivity contribution in [2.45, 2.75) is 56.5 Å². The number of rotatable bonds is 2. The summed E-state index contributed by atoms with van der Waals surface area (Å²) >= 11 is 0. The highest BCUT2D eigenvalue weighted by Gasteiger charge is 2.30. The largest absolute Gasteiger partial charge is 0.494 e. The lowest BCUT2D eigenvalue weighted by atomic mass is 9.95. The van der Waals surface area contributed by atoms with E-state index in [9.17, 15) is 8.42 Å². The first kappa shape index (κ1) is 22.3. The minimum absolute atomic E-state index is 0.259. The fraction of sp³-hybridized carbons (Fsp3) is 0.609. The monoisotopic (exact) mass is 446 g/mol. The van der Waals surface area contributed by atoms with E-state index in [1.54, 1.807) is 17.4 Å². The Bertz CT molecular complexity index is 988. The third-order valence-corrected chi connectivity index (χ3v) is 8.39. The average Bonchev–Trinajstić information content (AvgIpc) is 3.10.